The first-order valence-corrected chi connectivity index (χ1v) is 5.73. The van der Waals surface area contributed by atoms with Crippen molar-refractivity contribution in [1.29, 1.82) is 0 Å². The number of nitrogens with zero attached hydrogens (tertiary/aromatic N) is 2. The van der Waals surface area contributed by atoms with Crippen LogP contribution in [0.5, 0.6) is 0 Å². The van der Waals surface area contributed by atoms with Crippen molar-refractivity contribution in [2.75, 3.05) is 33.4 Å². The van der Waals surface area contributed by atoms with Crippen molar-refractivity contribution < 1.29 is 14.8 Å². The van der Waals surface area contributed by atoms with Gasteiger partial charge in [0.2, 0.25) is 0 Å². The predicted molar refractivity (Wildman–Crippen MR) is 67.3 cm³/mol. The van der Waals surface area contributed by atoms with Gasteiger partial charge in [0, 0.05) is 38.9 Å². The van der Waals surface area contributed by atoms with E-state index < -0.39 is 4.92 Å². The lowest BCUT2D eigenvalue weighted by molar-refractivity contribution is -0.384. The second kappa shape index (κ2) is 7.75. The van der Waals surface area contributed by atoms with Gasteiger partial charge in [-0.2, -0.15) is 0 Å². The quantitative estimate of drug-likeness (QED) is 0.554. The molecule has 18 heavy (non-hydrogen) atoms. The lowest BCUT2D eigenvalue weighted by atomic mass is 10.2. The maximum absolute atomic E-state index is 10.5. The Labute approximate surface area is 106 Å². The van der Waals surface area contributed by atoms with E-state index >= 15 is 0 Å². The van der Waals surface area contributed by atoms with Gasteiger partial charge in [0.25, 0.3) is 5.69 Å². The highest BCUT2D eigenvalue weighted by Gasteiger charge is 2.08. The summed E-state index contributed by atoms with van der Waals surface area (Å²) in [5.74, 6) is 0. The maximum atomic E-state index is 10.5. The van der Waals surface area contributed by atoms with E-state index in [2.05, 4.69) is 0 Å². The smallest absolute Gasteiger partial charge is 0.269 e. The molecule has 0 aliphatic carbocycles. The normalized spacial score (nSPS) is 10.8. The zero-order chi connectivity index (χ0) is 13.4. The van der Waals surface area contributed by atoms with E-state index in [1.807, 2.05) is 4.90 Å². The Kier molecular flexibility index (Phi) is 6.27. The second-order valence-corrected chi connectivity index (χ2v) is 3.92. The summed E-state index contributed by atoms with van der Waals surface area (Å²) >= 11 is 0. The molecular weight excluding hydrogens is 236 g/mol. The van der Waals surface area contributed by atoms with Crippen molar-refractivity contribution >= 4 is 5.69 Å². The SMILES string of the molecule is COCCN(CCO)Cc1ccc([N+](=O)[O-])cc1. The molecule has 0 amide bonds. The molecule has 0 aliphatic heterocycles. The lowest BCUT2D eigenvalue weighted by Gasteiger charge is -2.20. The average molecular weight is 254 g/mol. The van der Waals surface area contributed by atoms with Crippen LogP contribution >= 0.6 is 0 Å². The van der Waals surface area contributed by atoms with Crippen LogP contribution in [0.1, 0.15) is 5.56 Å². The summed E-state index contributed by atoms with van der Waals surface area (Å²) < 4.78 is 4.99. The van der Waals surface area contributed by atoms with E-state index in [4.69, 9.17) is 9.84 Å². The van der Waals surface area contributed by atoms with Gasteiger partial charge in [-0.1, -0.05) is 12.1 Å². The molecule has 0 aromatic heterocycles. The summed E-state index contributed by atoms with van der Waals surface area (Å²) in [5, 5.41) is 19.5. The van der Waals surface area contributed by atoms with Crippen molar-refractivity contribution in [3.05, 3.63) is 39.9 Å². The Morgan fingerprint density at radius 2 is 2.00 bits per heavy atom. The van der Waals surface area contributed by atoms with Crippen LogP contribution in [-0.2, 0) is 11.3 Å². The van der Waals surface area contributed by atoms with Crippen LogP contribution in [0, 0.1) is 10.1 Å². The molecule has 1 rings (SSSR count). The summed E-state index contributed by atoms with van der Waals surface area (Å²) in [6.07, 6.45) is 0. The first-order chi connectivity index (χ1) is 8.67. The molecule has 1 N–H and O–H groups in total. The number of hydrogen-bond donors (Lipinski definition) is 1. The number of methoxy groups -OCH3 is 1. The Hall–Kier alpha value is -1.50. The van der Waals surface area contributed by atoms with E-state index in [0.29, 0.717) is 26.2 Å². The van der Waals surface area contributed by atoms with Gasteiger partial charge in [-0.15, -0.1) is 0 Å². The number of nitro benzene ring substituents is 1. The highest BCUT2D eigenvalue weighted by molar-refractivity contribution is 5.32. The summed E-state index contributed by atoms with van der Waals surface area (Å²) in [7, 11) is 1.63. The maximum Gasteiger partial charge on any atom is 0.269 e. The fourth-order valence-corrected chi connectivity index (χ4v) is 1.61. The van der Waals surface area contributed by atoms with E-state index in [0.717, 1.165) is 5.56 Å². The number of benzene rings is 1. The van der Waals surface area contributed by atoms with Crippen molar-refractivity contribution in [1.82, 2.24) is 4.90 Å². The first-order valence-electron chi connectivity index (χ1n) is 5.73. The summed E-state index contributed by atoms with van der Waals surface area (Å²) in [4.78, 5) is 12.1. The topological polar surface area (TPSA) is 75.8 Å². The highest BCUT2D eigenvalue weighted by atomic mass is 16.6. The van der Waals surface area contributed by atoms with Crippen LogP contribution in [0.15, 0.2) is 24.3 Å². The van der Waals surface area contributed by atoms with Crippen molar-refractivity contribution in [3.8, 4) is 0 Å². The number of nitro groups is 1. The minimum absolute atomic E-state index is 0.0801. The highest BCUT2D eigenvalue weighted by Crippen LogP contribution is 2.13. The third-order valence-corrected chi connectivity index (χ3v) is 2.58. The van der Waals surface area contributed by atoms with Gasteiger partial charge in [-0.3, -0.25) is 15.0 Å². The number of aliphatic hydroxyl groups excluding tert-OH is 1. The summed E-state index contributed by atoms with van der Waals surface area (Å²) in [5.41, 5.74) is 1.06. The second-order valence-electron chi connectivity index (χ2n) is 3.92. The molecule has 0 saturated carbocycles. The fourth-order valence-electron chi connectivity index (χ4n) is 1.61. The largest absolute Gasteiger partial charge is 0.395 e. The monoisotopic (exact) mass is 254 g/mol. The molecule has 6 nitrogen and oxygen atoms in total. The predicted octanol–water partition coefficient (Wildman–Crippen LogP) is 1.04. The standard InChI is InChI=1S/C12H18N2O4/c1-18-9-7-13(6-8-15)10-11-2-4-12(5-3-11)14(16)17/h2-5,15H,6-10H2,1H3. The number of hydrogen-bond acceptors (Lipinski definition) is 5. The van der Waals surface area contributed by atoms with Crippen LogP contribution in [0.3, 0.4) is 0 Å². The molecule has 0 heterocycles. The van der Waals surface area contributed by atoms with Crippen molar-refractivity contribution in [3.63, 3.8) is 0 Å². The average Bonchev–Trinajstić information content (AvgIpc) is 2.37. The minimum Gasteiger partial charge on any atom is -0.395 e. The van der Waals surface area contributed by atoms with Gasteiger partial charge in [-0.05, 0) is 5.56 Å². The Balaban J connectivity index is 2.59. The molecule has 0 bridgehead atoms. The molecule has 0 atom stereocenters. The third kappa shape index (κ3) is 4.79. The van der Waals surface area contributed by atoms with Gasteiger partial charge in [0.15, 0.2) is 0 Å². The Morgan fingerprint density at radius 3 is 2.50 bits per heavy atom. The van der Waals surface area contributed by atoms with Gasteiger partial charge in [-0.25, -0.2) is 0 Å². The summed E-state index contributed by atoms with van der Waals surface area (Å²) in [6.45, 7) is 2.58. The molecule has 0 aliphatic rings. The van der Waals surface area contributed by atoms with E-state index in [1.54, 1.807) is 19.2 Å². The van der Waals surface area contributed by atoms with Crippen LogP contribution in [0.4, 0.5) is 5.69 Å². The van der Waals surface area contributed by atoms with Crippen LogP contribution < -0.4 is 0 Å². The van der Waals surface area contributed by atoms with Gasteiger partial charge in [0.1, 0.15) is 0 Å². The zero-order valence-electron chi connectivity index (χ0n) is 10.4. The van der Waals surface area contributed by atoms with E-state index in [9.17, 15) is 10.1 Å². The zero-order valence-corrected chi connectivity index (χ0v) is 10.4. The molecule has 0 radical (unpaired) electrons. The Bertz CT molecular complexity index is 367. The molecular formula is C12H18N2O4. The van der Waals surface area contributed by atoms with Crippen LogP contribution in [-0.4, -0.2) is 48.3 Å². The van der Waals surface area contributed by atoms with Crippen molar-refractivity contribution in [2.24, 2.45) is 0 Å². The van der Waals surface area contributed by atoms with Crippen molar-refractivity contribution in [2.45, 2.75) is 6.54 Å². The Morgan fingerprint density at radius 1 is 1.33 bits per heavy atom. The van der Waals surface area contributed by atoms with Gasteiger partial charge >= 0.3 is 0 Å². The summed E-state index contributed by atoms with van der Waals surface area (Å²) in [6, 6.07) is 6.44. The van der Waals surface area contributed by atoms with Crippen LogP contribution in [0.25, 0.3) is 0 Å². The molecule has 6 heteroatoms. The first kappa shape index (κ1) is 14.6. The molecule has 100 valence electrons. The molecule has 0 unspecified atom stereocenters. The molecule has 1 aromatic rings. The minimum atomic E-state index is -0.416. The van der Waals surface area contributed by atoms with Gasteiger partial charge in [0.05, 0.1) is 18.1 Å². The third-order valence-electron chi connectivity index (χ3n) is 2.58. The number of ether oxygens (including phenoxy) is 1. The van der Waals surface area contributed by atoms with E-state index in [-0.39, 0.29) is 12.3 Å². The molecule has 0 spiro atoms. The molecule has 0 saturated heterocycles. The fraction of sp³-hybridized carbons (Fsp3) is 0.500. The lowest BCUT2D eigenvalue weighted by Crippen LogP contribution is -2.29. The van der Waals surface area contributed by atoms with Gasteiger partial charge < -0.3 is 9.84 Å². The van der Waals surface area contributed by atoms with Crippen LogP contribution in [0.2, 0.25) is 0 Å². The molecule has 1 aromatic carbocycles. The number of rotatable bonds is 8. The number of aliphatic hydroxyl groups is 1. The number of non-ortho nitro benzene ring substituents is 1. The molecule has 0 fully saturated rings. The van der Waals surface area contributed by atoms with E-state index in [1.165, 1.54) is 12.1 Å².